The molecule has 2 amide bonds. The van der Waals surface area contributed by atoms with Crippen molar-refractivity contribution < 1.29 is 14.3 Å². The van der Waals surface area contributed by atoms with Crippen LogP contribution in [0.3, 0.4) is 0 Å². The number of hydrogen-bond donors (Lipinski definition) is 1. The van der Waals surface area contributed by atoms with Crippen molar-refractivity contribution in [3.8, 4) is 0 Å². The van der Waals surface area contributed by atoms with Gasteiger partial charge in [0.2, 0.25) is 11.8 Å². The standard InChI is InChI=1S/C15H16Cl2N2O3/c16-9-3-8(4-10(17)5-9)11-6-12(11)15(21)19-1-2-22-13(7-19)14(18)20/h3-5,11-13H,1-2,6-7H2,(H2,18,20)/t11-,12+,13-/m0/s1. The monoisotopic (exact) mass is 342 g/mol. The van der Waals surface area contributed by atoms with E-state index in [-0.39, 0.29) is 24.3 Å². The van der Waals surface area contributed by atoms with Crippen molar-refractivity contribution in [1.82, 2.24) is 4.90 Å². The van der Waals surface area contributed by atoms with E-state index in [4.69, 9.17) is 33.7 Å². The van der Waals surface area contributed by atoms with E-state index < -0.39 is 12.0 Å². The first-order valence-corrected chi connectivity index (χ1v) is 7.87. The lowest BCUT2D eigenvalue weighted by atomic mass is 10.1. The molecule has 3 atom stereocenters. The molecule has 1 aliphatic heterocycles. The van der Waals surface area contributed by atoms with E-state index in [1.807, 2.05) is 12.1 Å². The molecule has 0 bridgehead atoms. The van der Waals surface area contributed by atoms with Crippen LogP contribution in [0.5, 0.6) is 0 Å². The zero-order chi connectivity index (χ0) is 15.9. The Balaban J connectivity index is 1.66. The van der Waals surface area contributed by atoms with Crippen molar-refractivity contribution >= 4 is 35.0 Å². The molecule has 1 aliphatic carbocycles. The van der Waals surface area contributed by atoms with Crippen LogP contribution in [0.15, 0.2) is 18.2 Å². The van der Waals surface area contributed by atoms with Gasteiger partial charge in [-0.2, -0.15) is 0 Å². The van der Waals surface area contributed by atoms with Crippen molar-refractivity contribution in [3.05, 3.63) is 33.8 Å². The topological polar surface area (TPSA) is 72.6 Å². The highest BCUT2D eigenvalue weighted by Crippen LogP contribution is 2.49. The summed E-state index contributed by atoms with van der Waals surface area (Å²) >= 11 is 12.0. The Morgan fingerprint density at radius 2 is 1.91 bits per heavy atom. The van der Waals surface area contributed by atoms with Crippen LogP contribution in [0.2, 0.25) is 10.0 Å². The van der Waals surface area contributed by atoms with Gasteiger partial charge in [-0.25, -0.2) is 0 Å². The highest BCUT2D eigenvalue weighted by molar-refractivity contribution is 6.34. The maximum Gasteiger partial charge on any atom is 0.248 e. The molecule has 0 spiro atoms. The Labute approximate surface area is 138 Å². The summed E-state index contributed by atoms with van der Waals surface area (Å²) < 4.78 is 5.26. The highest BCUT2D eigenvalue weighted by atomic mass is 35.5. The van der Waals surface area contributed by atoms with Crippen LogP contribution >= 0.6 is 23.2 Å². The van der Waals surface area contributed by atoms with Gasteiger partial charge in [0.1, 0.15) is 0 Å². The maximum atomic E-state index is 12.5. The Hall–Kier alpha value is -1.30. The van der Waals surface area contributed by atoms with E-state index >= 15 is 0 Å². The third-order valence-electron chi connectivity index (χ3n) is 4.12. The summed E-state index contributed by atoms with van der Waals surface area (Å²) in [5, 5.41) is 1.14. The SMILES string of the molecule is NC(=O)[C@@H]1CN(C(=O)[C@@H]2C[C@H]2c2cc(Cl)cc(Cl)c2)CCO1. The van der Waals surface area contributed by atoms with Gasteiger partial charge in [-0.3, -0.25) is 9.59 Å². The lowest BCUT2D eigenvalue weighted by Crippen LogP contribution is -2.50. The third kappa shape index (κ3) is 3.21. The number of ether oxygens (including phenoxy) is 1. The first-order chi connectivity index (χ1) is 10.5. The molecule has 5 nitrogen and oxygen atoms in total. The quantitative estimate of drug-likeness (QED) is 0.910. The number of rotatable bonds is 3. The van der Waals surface area contributed by atoms with Crippen LogP contribution in [0.25, 0.3) is 0 Å². The van der Waals surface area contributed by atoms with Crippen LogP contribution in [0, 0.1) is 5.92 Å². The Morgan fingerprint density at radius 3 is 2.55 bits per heavy atom. The summed E-state index contributed by atoms with van der Waals surface area (Å²) in [6.07, 6.45) is 0.0594. The minimum Gasteiger partial charge on any atom is -0.367 e. The summed E-state index contributed by atoms with van der Waals surface area (Å²) in [5.74, 6) is -0.443. The zero-order valence-electron chi connectivity index (χ0n) is 11.8. The summed E-state index contributed by atoms with van der Waals surface area (Å²) in [7, 11) is 0. The van der Waals surface area contributed by atoms with Crippen LogP contribution in [0.1, 0.15) is 17.9 Å². The van der Waals surface area contributed by atoms with Gasteiger partial charge in [0.15, 0.2) is 6.10 Å². The number of primary amides is 1. The Morgan fingerprint density at radius 1 is 1.23 bits per heavy atom. The van der Waals surface area contributed by atoms with Crippen LogP contribution in [-0.4, -0.2) is 42.5 Å². The van der Waals surface area contributed by atoms with Crippen molar-refractivity contribution in [1.29, 1.82) is 0 Å². The van der Waals surface area contributed by atoms with E-state index in [9.17, 15) is 9.59 Å². The number of benzene rings is 1. The first-order valence-electron chi connectivity index (χ1n) is 7.11. The predicted molar refractivity (Wildman–Crippen MR) is 82.8 cm³/mol. The van der Waals surface area contributed by atoms with Gasteiger partial charge in [0, 0.05) is 22.5 Å². The predicted octanol–water partition coefficient (Wildman–Crippen LogP) is 1.81. The van der Waals surface area contributed by atoms with Gasteiger partial charge in [-0.15, -0.1) is 0 Å². The normalized spacial score (nSPS) is 27.5. The van der Waals surface area contributed by atoms with E-state index in [1.165, 1.54) is 0 Å². The molecule has 1 saturated carbocycles. The van der Waals surface area contributed by atoms with Crippen LogP contribution in [-0.2, 0) is 14.3 Å². The molecule has 118 valence electrons. The second-order valence-electron chi connectivity index (χ2n) is 5.70. The van der Waals surface area contributed by atoms with Crippen LogP contribution < -0.4 is 5.73 Å². The molecule has 1 aromatic rings. The molecule has 22 heavy (non-hydrogen) atoms. The largest absolute Gasteiger partial charge is 0.367 e. The van der Waals surface area contributed by atoms with Crippen molar-refractivity contribution in [2.75, 3.05) is 19.7 Å². The second-order valence-corrected chi connectivity index (χ2v) is 6.57. The molecular weight excluding hydrogens is 327 g/mol. The molecule has 2 N–H and O–H groups in total. The van der Waals surface area contributed by atoms with Crippen molar-refractivity contribution in [2.45, 2.75) is 18.4 Å². The third-order valence-corrected chi connectivity index (χ3v) is 4.55. The van der Waals surface area contributed by atoms with Crippen molar-refractivity contribution in [2.24, 2.45) is 11.7 Å². The first kappa shape index (κ1) is 15.6. The van der Waals surface area contributed by atoms with Gasteiger partial charge in [0.05, 0.1) is 13.2 Å². The second kappa shape index (κ2) is 6.07. The molecule has 7 heteroatoms. The maximum absolute atomic E-state index is 12.5. The summed E-state index contributed by atoms with van der Waals surface area (Å²) in [6.45, 7) is 1.05. The Kier molecular flexibility index (Phi) is 4.30. The molecule has 0 aromatic heterocycles. The Bertz CT molecular complexity index is 603. The summed E-state index contributed by atoms with van der Waals surface area (Å²) in [4.78, 5) is 25.4. The van der Waals surface area contributed by atoms with Crippen molar-refractivity contribution in [3.63, 3.8) is 0 Å². The number of halogens is 2. The number of amides is 2. The molecule has 1 saturated heterocycles. The average Bonchev–Trinajstić information content (AvgIpc) is 3.26. The highest BCUT2D eigenvalue weighted by Gasteiger charge is 2.46. The molecule has 0 radical (unpaired) electrons. The molecule has 1 aromatic carbocycles. The molecule has 0 unspecified atom stereocenters. The number of hydrogen-bond acceptors (Lipinski definition) is 3. The zero-order valence-corrected chi connectivity index (χ0v) is 13.3. The smallest absolute Gasteiger partial charge is 0.248 e. The molecule has 2 aliphatic rings. The fraction of sp³-hybridized carbons (Fsp3) is 0.467. The summed E-state index contributed by atoms with van der Waals surface area (Å²) in [5.41, 5.74) is 6.22. The number of morpholine rings is 1. The minimum absolute atomic E-state index is 0.0376. The minimum atomic E-state index is -0.712. The lowest BCUT2D eigenvalue weighted by molar-refractivity contribution is -0.146. The van der Waals surface area contributed by atoms with E-state index in [0.29, 0.717) is 23.2 Å². The van der Waals surface area contributed by atoms with E-state index in [1.54, 1.807) is 11.0 Å². The molecule has 1 heterocycles. The number of nitrogens with zero attached hydrogens (tertiary/aromatic N) is 1. The van der Waals surface area contributed by atoms with Gasteiger partial charge in [-0.1, -0.05) is 23.2 Å². The number of carbonyl (C=O) groups is 2. The number of nitrogens with two attached hydrogens (primary N) is 1. The van der Waals surface area contributed by atoms with Gasteiger partial charge >= 0.3 is 0 Å². The van der Waals surface area contributed by atoms with Gasteiger partial charge in [-0.05, 0) is 36.1 Å². The number of carbonyl (C=O) groups excluding carboxylic acids is 2. The molecular formula is C15H16Cl2N2O3. The van der Waals surface area contributed by atoms with Gasteiger partial charge in [0.25, 0.3) is 0 Å². The van der Waals surface area contributed by atoms with E-state index in [2.05, 4.69) is 0 Å². The summed E-state index contributed by atoms with van der Waals surface area (Å²) in [6, 6.07) is 5.36. The molecule has 2 fully saturated rings. The molecule has 3 rings (SSSR count). The van der Waals surface area contributed by atoms with Gasteiger partial charge < -0.3 is 15.4 Å². The fourth-order valence-corrected chi connectivity index (χ4v) is 3.42. The average molecular weight is 343 g/mol. The van der Waals surface area contributed by atoms with Crippen LogP contribution in [0.4, 0.5) is 0 Å². The fourth-order valence-electron chi connectivity index (χ4n) is 2.88. The van der Waals surface area contributed by atoms with E-state index in [0.717, 1.165) is 12.0 Å². The lowest BCUT2D eigenvalue weighted by Gasteiger charge is -2.31.